The van der Waals surface area contributed by atoms with Crippen molar-refractivity contribution in [1.82, 2.24) is 15.0 Å². The Hall–Kier alpha value is -2.14. The van der Waals surface area contributed by atoms with E-state index in [2.05, 4.69) is 40.4 Å². The summed E-state index contributed by atoms with van der Waals surface area (Å²) in [6, 6.07) is 10.6. The van der Waals surface area contributed by atoms with Gasteiger partial charge in [0, 0.05) is 37.0 Å². The van der Waals surface area contributed by atoms with Crippen molar-refractivity contribution in [3.8, 4) is 0 Å². The Bertz CT molecular complexity index is 751. The summed E-state index contributed by atoms with van der Waals surface area (Å²) in [6.07, 6.45) is 1.77. The van der Waals surface area contributed by atoms with Gasteiger partial charge in [0.05, 0.1) is 12.2 Å². The zero-order chi connectivity index (χ0) is 17.4. The number of rotatable bonds is 4. The van der Waals surface area contributed by atoms with Crippen LogP contribution in [0.4, 0.5) is 0 Å². The van der Waals surface area contributed by atoms with Gasteiger partial charge in [-0.05, 0) is 32.4 Å². The second kappa shape index (κ2) is 6.30. The predicted octanol–water partition coefficient (Wildman–Crippen LogP) is 2.92. The minimum atomic E-state index is 0.116. The molecule has 0 bridgehead atoms. The first kappa shape index (κ1) is 16.3. The molecule has 0 aliphatic carbocycles. The van der Waals surface area contributed by atoms with Gasteiger partial charge in [0.25, 0.3) is 0 Å². The second-order valence-electron chi connectivity index (χ2n) is 7.68. The van der Waals surface area contributed by atoms with Crippen molar-refractivity contribution in [1.29, 1.82) is 0 Å². The molecule has 2 aliphatic rings. The third kappa shape index (κ3) is 3.21. The highest BCUT2D eigenvalue weighted by molar-refractivity contribution is 5.79. The molecule has 1 amide bonds. The number of likely N-dealkylation sites (tertiary alicyclic amines) is 2. The van der Waals surface area contributed by atoms with Crippen molar-refractivity contribution >= 4 is 5.91 Å². The number of benzene rings is 1. The lowest BCUT2D eigenvalue weighted by atomic mass is 9.86. The molecule has 0 saturated carbocycles. The van der Waals surface area contributed by atoms with E-state index in [0.29, 0.717) is 13.0 Å². The van der Waals surface area contributed by atoms with Gasteiger partial charge in [-0.2, -0.15) is 0 Å². The zero-order valence-corrected chi connectivity index (χ0v) is 15.0. The molecule has 5 nitrogen and oxygen atoms in total. The number of aromatic nitrogens is 1. The van der Waals surface area contributed by atoms with Gasteiger partial charge in [-0.1, -0.05) is 35.5 Å². The van der Waals surface area contributed by atoms with Gasteiger partial charge >= 0.3 is 0 Å². The number of hydrogen-bond donors (Lipinski definition) is 0. The van der Waals surface area contributed by atoms with Crippen LogP contribution in [-0.2, 0) is 17.9 Å². The molecule has 1 unspecified atom stereocenters. The van der Waals surface area contributed by atoms with Crippen molar-refractivity contribution in [3.63, 3.8) is 0 Å². The summed E-state index contributed by atoms with van der Waals surface area (Å²) in [5, 5.41) is 4.01. The average Bonchev–Trinajstić information content (AvgIpc) is 3.23. The third-order valence-electron chi connectivity index (χ3n) is 5.70. The average molecular weight is 339 g/mol. The zero-order valence-electron chi connectivity index (χ0n) is 15.0. The van der Waals surface area contributed by atoms with Gasteiger partial charge in [0.2, 0.25) is 5.91 Å². The maximum absolute atomic E-state index is 12.6. The first-order valence-corrected chi connectivity index (χ1v) is 9.00. The second-order valence-corrected chi connectivity index (χ2v) is 7.68. The normalized spacial score (nSPS) is 23.9. The predicted molar refractivity (Wildman–Crippen MR) is 94.8 cm³/mol. The molecule has 2 aliphatic heterocycles. The summed E-state index contributed by atoms with van der Waals surface area (Å²) in [7, 11) is 0. The number of hydrogen-bond acceptors (Lipinski definition) is 4. The van der Waals surface area contributed by atoms with Crippen molar-refractivity contribution in [3.05, 3.63) is 52.9 Å². The highest BCUT2D eigenvalue weighted by atomic mass is 16.5. The van der Waals surface area contributed by atoms with Crippen LogP contribution >= 0.6 is 0 Å². The number of carbonyl (C=O) groups is 1. The maximum Gasteiger partial charge on any atom is 0.223 e. The summed E-state index contributed by atoms with van der Waals surface area (Å²) in [6.45, 7) is 8.39. The van der Waals surface area contributed by atoms with Gasteiger partial charge < -0.3 is 9.42 Å². The Morgan fingerprint density at radius 1 is 1.16 bits per heavy atom. The topological polar surface area (TPSA) is 49.6 Å². The van der Waals surface area contributed by atoms with Crippen LogP contribution in [0.2, 0.25) is 0 Å². The van der Waals surface area contributed by atoms with Crippen LogP contribution in [0, 0.1) is 19.3 Å². The van der Waals surface area contributed by atoms with Crippen LogP contribution in [-0.4, -0.2) is 40.5 Å². The Labute approximate surface area is 148 Å². The molecule has 1 atom stereocenters. The van der Waals surface area contributed by atoms with E-state index in [4.69, 9.17) is 4.52 Å². The molecule has 2 fully saturated rings. The lowest BCUT2D eigenvalue weighted by Crippen LogP contribution is -2.31. The molecule has 5 heteroatoms. The molecule has 0 N–H and O–H groups in total. The SMILES string of the molecule is Cc1noc(C)c1CN1CC2(CCN(Cc3ccccc3)C2)CC1=O. The largest absolute Gasteiger partial charge is 0.361 e. The van der Waals surface area contributed by atoms with Crippen LogP contribution in [0.15, 0.2) is 34.9 Å². The number of nitrogens with zero attached hydrogens (tertiary/aromatic N) is 3. The van der Waals surface area contributed by atoms with Crippen molar-refractivity contribution in [2.24, 2.45) is 5.41 Å². The van der Waals surface area contributed by atoms with E-state index in [1.54, 1.807) is 0 Å². The Morgan fingerprint density at radius 3 is 2.68 bits per heavy atom. The molecule has 2 aromatic rings. The molecule has 25 heavy (non-hydrogen) atoms. The Morgan fingerprint density at radius 2 is 1.96 bits per heavy atom. The van der Waals surface area contributed by atoms with Crippen LogP contribution in [0.5, 0.6) is 0 Å². The fraction of sp³-hybridized carbons (Fsp3) is 0.500. The standard InChI is InChI=1S/C20H25N3O2/c1-15-18(16(2)25-21-15)12-23-14-20(10-19(23)24)8-9-22(13-20)11-17-6-4-3-5-7-17/h3-7H,8-14H2,1-2H3. The summed E-state index contributed by atoms with van der Waals surface area (Å²) >= 11 is 0. The lowest BCUT2D eigenvalue weighted by Gasteiger charge is -2.24. The third-order valence-corrected chi connectivity index (χ3v) is 5.70. The molecule has 4 rings (SSSR count). The summed E-state index contributed by atoms with van der Waals surface area (Å²) in [5.41, 5.74) is 3.41. The minimum Gasteiger partial charge on any atom is -0.361 e. The summed E-state index contributed by atoms with van der Waals surface area (Å²) < 4.78 is 5.25. The molecule has 1 aromatic heterocycles. The highest BCUT2D eigenvalue weighted by Gasteiger charge is 2.47. The smallest absolute Gasteiger partial charge is 0.223 e. The fourth-order valence-electron chi connectivity index (χ4n) is 4.32. The number of aryl methyl sites for hydroxylation is 2. The first-order chi connectivity index (χ1) is 12.0. The molecular weight excluding hydrogens is 314 g/mol. The molecule has 3 heterocycles. The first-order valence-electron chi connectivity index (χ1n) is 9.00. The maximum atomic E-state index is 12.6. The molecule has 0 radical (unpaired) electrons. The van der Waals surface area contributed by atoms with Crippen molar-refractivity contribution < 1.29 is 9.32 Å². The fourth-order valence-corrected chi connectivity index (χ4v) is 4.32. The van der Waals surface area contributed by atoms with Gasteiger partial charge in [-0.3, -0.25) is 9.69 Å². The van der Waals surface area contributed by atoms with E-state index in [-0.39, 0.29) is 11.3 Å². The summed E-state index contributed by atoms with van der Waals surface area (Å²) in [4.78, 5) is 17.1. The molecule has 2 saturated heterocycles. The van der Waals surface area contributed by atoms with Gasteiger partial charge in [0.15, 0.2) is 0 Å². The molecule has 132 valence electrons. The van der Waals surface area contributed by atoms with Crippen molar-refractivity contribution in [2.45, 2.75) is 39.8 Å². The van der Waals surface area contributed by atoms with Gasteiger partial charge in [-0.25, -0.2) is 0 Å². The number of carbonyl (C=O) groups excluding carboxylic acids is 1. The Kier molecular flexibility index (Phi) is 4.12. The van der Waals surface area contributed by atoms with Crippen LogP contribution in [0.25, 0.3) is 0 Å². The van der Waals surface area contributed by atoms with E-state index in [0.717, 1.165) is 49.6 Å². The van der Waals surface area contributed by atoms with Gasteiger partial charge in [0.1, 0.15) is 5.76 Å². The quantitative estimate of drug-likeness (QED) is 0.859. The molecular formula is C20H25N3O2. The molecule has 1 aromatic carbocycles. The highest BCUT2D eigenvalue weighted by Crippen LogP contribution is 2.41. The van der Waals surface area contributed by atoms with Crippen molar-refractivity contribution in [2.75, 3.05) is 19.6 Å². The van der Waals surface area contributed by atoms with E-state index in [1.165, 1.54) is 5.56 Å². The number of amides is 1. The van der Waals surface area contributed by atoms with Crippen LogP contribution < -0.4 is 0 Å². The summed E-state index contributed by atoms with van der Waals surface area (Å²) in [5.74, 6) is 1.09. The van der Waals surface area contributed by atoms with Crippen LogP contribution in [0.3, 0.4) is 0 Å². The van der Waals surface area contributed by atoms with E-state index in [1.807, 2.05) is 18.7 Å². The van der Waals surface area contributed by atoms with E-state index < -0.39 is 0 Å². The van der Waals surface area contributed by atoms with Gasteiger partial charge in [-0.15, -0.1) is 0 Å². The van der Waals surface area contributed by atoms with E-state index in [9.17, 15) is 4.79 Å². The minimum absolute atomic E-state index is 0.116. The molecule has 1 spiro atoms. The Balaban J connectivity index is 1.42. The lowest BCUT2D eigenvalue weighted by molar-refractivity contribution is -0.128. The van der Waals surface area contributed by atoms with Crippen LogP contribution in [0.1, 0.15) is 35.4 Å². The van der Waals surface area contributed by atoms with E-state index >= 15 is 0 Å². The monoisotopic (exact) mass is 339 g/mol.